The number of para-hydroxylation sites is 1. The average Bonchev–Trinajstić information content (AvgIpc) is 3.02. The molecule has 1 saturated heterocycles. The van der Waals surface area contributed by atoms with E-state index in [0.29, 0.717) is 13.0 Å². The molecule has 0 saturated carbocycles. The van der Waals surface area contributed by atoms with Crippen molar-refractivity contribution >= 4 is 17.5 Å². The number of benzene rings is 1. The van der Waals surface area contributed by atoms with Gasteiger partial charge in [-0.3, -0.25) is 9.59 Å². The molecule has 0 atom stereocenters. The van der Waals surface area contributed by atoms with E-state index in [-0.39, 0.29) is 11.8 Å². The fraction of sp³-hybridized carbons (Fsp3) is 0.556. The van der Waals surface area contributed by atoms with Crippen molar-refractivity contribution in [2.24, 2.45) is 0 Å². The normalized spacial score (nSPS) is 14.2. The van der Waals surface area contributed by atoms with Crippen molar-refractivity contribution in [2.45, 2.75) is 46.5 Å². The van der Waals surface area contributed by atoms with Crippen molar-refractivity contribution in [3.8, 4) is 0 Å². The highest BCUT2D eigenvalue weighted by molar-refractivity contribution is 5.94. The summed E-state index contributed by atoms with van der Waals surface area (Å²) in [6.45, 7) is 7.88. The van der Waals surface area contributed by atoms with E-state index in [2.05, 4.69) is 13.0 Å². The van der Waals surface area contributed by atoms with E-state index in [4.69, 9.17) is 0 Å². The zero-order chi connectivity index (χ0) is 16.1. The fourth-order valence-electron chi connectivity index (χ4n) is 3.15. The summed E-state index contributed by atoms with van der Waals surface area (Å²) in [6.07, 6.45) is 3.47. The zero-order valence-corrected chi connectivity index (χ0v) is 13.9. The summed E-state index contributed by atoms with van der Waals surface area (Å²) in [5, 5.41) is 0. The third kappa shape index (κ3) is 3.67. The van der Waals surface area contributed by atoms with Crippen molar-refractivity contribution in [1.82, 2.24) is 4.90 Å². The summed E-state index contributed by atoms with van der Waals surface area (Å²) in [4.78, 5) is 28.0. The number of rotatable bonds is 5. The minimum absolute atomic E-state index is 0.00165. The molecule has 4 nitrogen and oxygen atoms in total. The van der Waals surface area contributed by atoms with Gasteiger partial charge >= 0.3 is 0 Å². The van der Waals surface area contributed by atoms with E-state index in [1.54, 1.807) is 11.8 Å². The molecule has 0 bridgehead atoms. The molecular weight excluding hydrogens is 276 g/mol. The lowest BCUT2D eigenvalue weighted by Crippen LogP contribution is -2.36. The number of hydrogen-bond acceptors (Lipinski definition) is 2. The lowest BCUT2D eigenvalue weighted by Gasteiger charge is -2.26. The molecule has 120 valence electrons. The van der Waals surface area contributed by atoms with Gasteiger partial charge in [-0.2, -0.15) is 0 Å². The Morgan fingerprint density at radius 1 is 1.23 bits per heavy atom. The predicted octanol–water partition coefficient (Wildman–Crippen LogP) is 2.92. The first kappa shape index (κ1) is 16.5. The van der Waals surface area contributed by atoms with Crippen LogP contribution < -0.4 is 4.90 Å². The van der Waals surface area contributed by atoms with Crippen LogP contribution in [-0.2, 0) is 16.0 Å². The Balaban J connectivity index is 2.13. The summed E-state index contributed by atoms with van der Waals surface area (Å²) >= 11 is 0. The maximum atomic E-state index is 12.2. The second-order valence-electron chi connectivity index (χ2n) is 5.94. The second-order valence-corrected chi connectivity index (χ2v) is 5.94. The summed E-state index contributed by atoms with van der Waals surface area (Å²) in [6, 6.07) is 6.10. The third-order valence-electron chi connectivity index (χ3n) is 4.36. The molecule has 22 heavy (non-hydrogen) atoms. The SMILES string of the molecule is CCc1cccc(C)c1N(CCC(=O)N1CCCC1)C(C)=O. The third-order valence-corrected chi connectivity index (χ3v) is 4.36. The molecule has 0 spiro atoms. The molecule has 0 unspecified atom stereocenters. The molecule has 1 fully saturated rings. The van der Waals surface area contributed by atoms with Gasteiger partial charge in [0.05, 0.1) is 0 Å². The number of amides is 2. The number of likely N-dealkylation sites (tertiary alicyclic amines) is 1. The topological polar surface area (TPSA) is 40.6 Å². The Labute approximate surface area is 133 Å². The molecule has 1 heterocycles. The summed E-state index contributed by atoms with van der Waals surface area (Å²) in [7, 11) is 0. The molecule has 4 heteroatoms. The van der Waals surface area contributed by atoms with Gasteiger partial charge in [-0.1, -0.05) is 25.1 Å². The van der Waals surface area contributed by atoms with Gasteiger partial charge in [-0.05, 0) is 37.3 Å². The maximum absolute atomic E-state index is 12.2. The fourth-order valence-corrected chi connectivity index (χ4v) is 3.15. The van der Waals surface area contributed by atoms with Gasteiger partial charge in [0.1, 0.15) is 0 Å². The molecule has 2 amide bonds. The molecule has 0 aliphatic carbocycles. The summed E-state index contributed by atoms with van der Waals surface area (Å²) < 4.78 is 0. The summed E-state index contributed by atoms with van der Waals surface area (Å²) in [5.41, 5.74) is 3.22. The van der Waals surface area contributed by atoms with Crippen molar-refractivity contribution < 1.29 is 9.59 Å². The van der Waals surface area contributed by atoms with Gasteiger partial charge in [0, 0.05) is 38.7 Å². The highest BCUT2D eigenvalue weighted by atomic mass is 16.2. The van der Waals surface area contributed by atoms with Crippen LogP contribution in [0.4, 0.5) is 5.69 Å². The quantitative estimate of drug-likeness (QED) is 0.839. The van der Waals surface area contributed by atoms with Crippen molar-refractivity contribution in [1.29, 1.82) is 0 Å². The largest absolute Gasteiger partial charge is 0.343 e. The molecule has 0 N–H and O–H groups in total. The Morgan fingerprint density at radius 3 is 2.50 bits per heavy atom. The number of hydrogen-bond donors (Lipinski definition) is 0. The molecular formula is C18H26N2O2. The lowest BCUT2D eigenvalue weighted by molar-refractivity contribution is -0.129. The van der Waals surface area contributed by atoms with Crippen LogP contribution >= 0.6 is 0 Å². The average molecular weight is 302 g/mol. The second kappa shape index (κ2) is 7.43. The van der Waals surface area contributed by atoms with Crippen LogP contribution in [0.1, 0.15) is 44.2 Å². The number of carbonyl (C=O) groups excluding carboxylic acids is 2. The summed E-state index contributed by atoms with van der Waals surface area (Å²) in [5.74, 6) is 0.161. The van der Waals surface area contributed by atoms with Crippen LogP contribution in [0, 0.1) is 6.92 Å². The van der Waals surface area contributed by atoms with Gasteiger partial charge < -0.3 is 9.80 Å². The maximum Gasteiger partial charge on any atom is 0.224 e. The first-order chi connectivity index (χ1) is 10.5. The van der Waals surface area contributed by atoms with Gasteiger partial charge in [0.25, 0.3) is 0 Å². The smallest absolute Gasteiger partial charge is 0.224 e. The number of carbonyl (C=O) groups is 2. The highest BCUT2D eigenvalue weighted by Gasteiger charge is 2.21. The van der Waals surface area contributed by atoms with Crippen molar-refractivity contribution in [3.63, 3.8) is 0 Å². The van der Waals surface area contributed by atoms with E-state index < -0.39 is 0 Å². The van der Waals surface area contributed by atoms with Crippen LogP contribution in [0.2, 0.25) is 0 Å². The van der Waals surface area contributed by atoms with Crippen LogP contribution in [0.25, 0.3) is 0 Å². The molecule has 0 aromatic heterocycles. The Morgan fingerprint density at radius 2 is 1.91 bits per heavy atom. The van der Waals surface area contributed by atoms with Crippen LogP contribution in [0.3, 0.4) is 0 Å². The van der Waals surface area contributed by atoms with Gasteiger partial charge in [-0.25, -0.2) is 0 Å². The molecule has 0 radical (unpaired) electrons. The zero-order valence-electron chi connectivity index (χ0n) is 13.9. The predicted molar refractivity (Wildman–Crippen MR) is 89.0 cm³/mol. The van der Waals surface area contributed by atoms with E-state index in [1.807, 2.05) is 24.0 Å². The van der Waals surface area contributed by atoms with Gasteiger partial charge in [-0.15, -0.1) is 0 Å². The lowest BCUT2D eigenvalue weighted by atomic mass is 10.0. The Bertz CT molecular complexity index is 548. The minimum Gasteiger partial charge on any atom is -0.343 e. The molecule has 1 aromatic rings. The van der Waals surface area contributed by atoms with Gasteiger partial charge in [0.2, 0.25) is 11.8 Å². The monoisotopic (exact) mass is 302 g/mol. The number of nitrogens with zero attached hydrogens (tertiary/aromatic N) is 2. The van der Waals surface area contributed by atoms with Crippen LogP contribution in [0.15, 0.2) is 18.2 Å². The van der Waals surface area contributed by atoms with Crippen LogP contribution in [-0.4, -0.2) is 36.3 Å². The van der Waals surface area contributed by atoms with E-state index in [9.17, 15) is 9.59 Å². The van der Waals surface area contributed by atoms with Gasteiger partial charge in [0.15, 0.2) is 0 Å². The van der Waals surface area contributed by atoms with Crippen molar-refractivity contribution in [3.05, 3.63) is 29.3 Å². The Kier molecular flexibility index (Phi) is 5.58. The van der Waals surface area contributed by atoms with E-state index in [1.165, 1.54) is 0 Å². The number of aryl methyl sites for hydroxylation is 2. The standard InChI is InChI=1S/C18H26N2O2/c1-4-16-9-7-8-14(2)18(16)20(15(3)21)13-10-17(22)19-11-5-6-12-19/h7-9H,4-6,10-13H2,1-3H3. The highest BCUT2D eigenvalue weighted by Crippen LogP contribution is 2.26. The van der Waals surface area contributed by atoms with Crippen LogP contribution in [0.5, 0.6) is 0 Å². The number of anilines is 1. The molecule has 1 aliphatic rings. The molecule has 1 aromatic carbocycles. The minimum atomic E-state index is -0.00165. The molecule has 2 rings (SSSR count). The van der Waals surface area contributed by atoms with E-state index in [0.717, 1.165) is 49.2 Å². The first-order valence-electron chi connectivity index (χ1n) is 8.19. The van der Waals surface area contributed by atoms with E-state index >= 15 is 0 Å². The first-order valence-corrected chi connectivity index (χ1v) is 8.19. The Hall–Kier alpha value is -1.84. The van der Waals surface area contributed by atoms with Crippen molar-refractivity contribution in [2.75, 3.05) is 24.5 Å². The molecule has 1 aliphatic heterocycles.